The average Bonchev–Trinajstić information content (AvgIpc) is 2.69. The normalized spacial score (nSPS) is 22.9. The first-order valence-corrected chi connectivity index (χ1v) is 4.65. The van der Waals surface area contributed by atoms with E-state index in [4.69, 9.17) is 4.74 Å². The van der Waals surface area contributed by atoms with E-state index < -0.39 is 0 Å². The van der Waals surface area contributed by atoms with Crippen molar-refractivity contribution in [2.75, 3.05) is 31.6 Å². The minimum atomic E-state index is 0.289. The number of anilines is 1. The summed E-state index contributed by atoms with van der Waals surface area (Å²) in [5, 5.41) is 6.56. The Balaban J connectivity index is 1.72. The summed E-state index contributed by atoms with van der Waals surface area (Å²) in [7, 11) is 0. The first-order chi connectivity index (χ1) is 6.45. The van der Waals surface area contributed by atoms with Crippen molar-refractivity contribution in [1.82, 2.24) is 10.3 Å². The van der Waals surface area contributed by atoms with E-state index in [9.17, 15) is 0 Å². The van der Waals surface area contributed by atoms with E-state index in [2.05, 4.69) is 15.6 Å². The van der Waals surface area contributed by atoms with Crippen molar-refractivity contribution in [2.24, 2.45) is 0 Å². The van der Waals surface area contributed by atoms with Gasteiger partial charge in [0.05, 0.1) is 12.7 Å². The fourth-order valence-electron chi connectivity index (χ4n) is 1.41. The van der Waals surface area contributed by atoms with E-state index >= 15 is 0 Å². The van der Waals surface area contributed by atoms with Crippen molar-refractivity contribution in [3.05, 3.63) is 18.3 Å². The quantitative estimate of drug-likeness (QED) is 0.633. The summed E-state index contributed by atoms with van der Waals surface area (Å²) in [5.74, 6) is 1.05. The summed E-state index contributed by atoms with van der Waals surface area (Å²) in [6.07, 6.45) is 2.19. The number of aromatic amines is 1. The molecule has 1 unspecified atom stereocenters. The van der Waals surface area contributed by atoms with E-state index in [0.29, 0.717) is 0 Å². The van der Waals surface area contributed by atoms with Crippen LogP contribution in [0.3, 0.4) is 0 Å². The highest BCUT2D eigenvalue weighted by Gasteiger charge is 2.12. The van der Waals surface area contributed by atoms with Gasteiger partial charge in [-0.2, -0.15) is 0 Å². The molecule has 0 amide bonds. The van der Waals surface area contributed by atoms with Gasteiger partial charge in [-0.15, -0.1) is 0 Å². The van der Waals surface area contributed by atoms with Gasteiger partial charge in [-0.3, -0.25) is 0 Å². The third-order valence-corrected chi connectivity index (χ3v) is 2.12. The maximum atomic E-state index is 5.54. The van der Waals surface area contributed by atoms with Crippen LogP contribution in [0.4, 0.5) is 5.82 Å². The fourth-order valence-corrected chi connectivity index (χ4v) is 1.41. The highest BCUT2D eigenvalue weighted by Crippen LogP contribution is 2.02. The lowest BCUT2D eigenvalue weighted by molar-refractivity contribution is 0.0372. The van der Waals surface area contributed by atoms with Crippen LogP contribution in [-0.2, 0) is 4.74 Å². The molecular weight excluding hydrogens is 166 g/mol. The Hall–Kier alpha value is -1.00. The zero-order valence-electron chi connectivity index (χ0n) is 7.55. The number of aromatic nitrogens is 1. The summed E-state index contributed by atoms with van der Waals surface area (Å²) in [6.45, 7) is 3.58. The van der Waals surface area contributed by atoms with Crippen LogP contribution < -0.4 is 10.6 Å². The van der Waals surface area contributed by atoms with E-state index in [-0.39, 0.29) is 6.10 Å². The summed E-state index contributed by atoms with van der Waals surface area (Å²) in [5.41, 5.74) is 0. The molecule has 0 aliphatic carbocycles. The van der Waals surface area contributed by atoms with Gasteiger partial charge in [0.2, 0.25) is 0 Å². The fraction of sp³-hybridized carbons (Fsp3) is 0.556. The second-order valence-corrected chi connectivity index (χ2v) is 3.16. The van der Waals surface area contributed by atoms with Crippen molar-refractivity contribution >= 4 is 5.82 Å². The SMILES string of the molecule is c1c[nH]c(NCC2CNCCO2)c1. The molecule has 3 N–H and O–H groups in total. The Morgan fingerprint density at radius 3 is 3.31 bits per heavy atom. The number of H-pyrrole nitrogens is 1. The highest BCUT2D eigenvalue weighted by atomic mass is 16.5. The van der Waals surface area contributed by atoms with Crippen LogP contribution in [-0.4, -0.2) is 37.3 Å². The van der Waals surface area contributed by atoms with Crippen LogP contribution in [0.1, 0.15) is 0 Å². The second-order valence-electron chi connectivity index (χ2n) is 3.16. The third kappa shape index (κ3) is 2.47. The minimum absolute atomic E-state index is 0.289. The average molecular weight is 181 g/mol. The van der Waals surface area contributed by atoms with Crippen molar-refractivity contribution in [3.8, 4) is 0 Å². The first kappa shape index (κ1) is 8.59. The molecule has 0 saturated carbocycles. The lowest BCUT2D eigenvalue weighted by Crippen LogP contribution is -2.42. The Bertz CT molecular complexity index is 229. The number of ether oxygens (including phenoxy) is 1. The Morgan fingerprint density at radius 1 is 1.62 bits per heavy atom. The van der Waals surface area contributed by atoms with Crippen molar-refractivity contribution in [1.29, 1.82) is 0 Å². The topological polar surface area (TPSA) is 49.1 Å². The number of morpholine rings is 1. The van der Waals surface area contributed by atoms with Crippen molar-refractivity contribution in [3.63, 3.8) is 0 Å². The zero-order valence-corrected chi connectivity index (χ0v) is 7.55. The largest absolute Gasteiger partial charge is 0.374 e. The van der Waals surface area contributed by atoms with Crippen LogP contribution >= 0.6 is 0 Å². The predicted molar refractivity (Wildman–Crippen MR) is 51.9 cm³/mol. The molecule has 1 aliphatic heterocycles. The predicted octanol–water partition coefficient (Wildman–Crippen LogP) is 0.415. The lowest BCUT2D eigenvalue weighted by atomic mass is 10.3. The number of rotatable bonds is 3. The molecule has 4 heteroatoms. The summed E-state index contributed by atoms with van der Waals surface area (Å²) >= 11 is 0. The molecule has 1 fully saturated rings. The molecule has 1 atom stereocenters. The standard InChI is InChI=1S/C9H15N3O/c1-2-9(11-3-1)12-7-8-6-10-4-5-13-8/h1-3,8,10-12H,4-7H2. The van der Waals surface area contributed by atoms with Crippen LogP contribution in [0, 0.1) is 0 Å². The Kier molecular flexibility index (Phi) is 2.84. The molecule has 4 nitrogen and oxygen atoms in total. The van der Waals surface area contributed by atoms with Gasteiger partial charge in [-0.25, -0.2) is 0 Å². The molecule has 0 radical (unpaired) electrons. The lowest BCUT2D eigenvalue weighted by Gasteiger charge is -2.23. The molecule has 1 aliphatic rings. The molecule has 1 aromatic rings. The van der Waals surface area contributed by atoms with E-state index in [0.717, 1.165) is 32.1 Å². The third-order valence-electron chi connectivity index (χ3n) is 2.12. The van der Waals surface area contributed by atoms with E-state index in [1.54, 1.807) is 0 Å². The van der Waals surface area contributed by atoms with Gasteiger partial charge in [0.25, 0.3) is 0 Å². The molecule has 1 saturated heterocycles. The smallest absolute Gasteiger partial charge is 0.103 e. The molecule has 72 valence electrons. The first-order valence-electron chi connectivity index (χ1n) is 4.65. The zero-order chi connectivity index (χ0) is 8.93. The minimum Gasteiger partial charge on any atom is -0.374 e. The monoisotopic (exact) mass is 181 g/mol. The van der Waals surface area contributed by atoms with Gasteiger partial charge in [0, 0.05) is 25.8 Å². The number of nitrogens with one attached hydrogen (secondary N) is 3. The molecular formula is C9H15N3O. The summed E-state index contributed by atoms with van der Waals surface area (Å²) in [4.78, 5) is 3.09. The van der Waals surface area contributed by atoms with Crippen LogP contribution in [0.25, 0.3) is 0 Å². The van der Waals surface area contributed by atoms with Crippen LogP contribution in [0.2, 0.25) is 0 Å². The van der Waals surface area contributed by atoms with E-state index in [1.807, 2.05) is 18.3 Å². The molecule has 0 bridgehead atoms. The maximum absolute atomic E-state index is 5.54. The molecule has 2 rings (SSSR count). The van der Waals surface area contributed by atoms with Gasteiger partial charge in [0.15, 0.2) is 0 Å². The maximum Gasteiger partial charge on any atom is 0.103 e. The van der Waals surface area contributed by atoms with E-state index in [1.165, 1.54) is 0 Å². The second kappa shape index (κ2) is 4.30. The van der Waals surface area contributed by atoms with Gasteiger partial charge in [-0.1, -0.05) is 0 Å². The van der Waals surface area contributed by atoms with Gasteiger partial charge >= 0.3 is 0 Å². The Labute approximate surface area is 77.7 Å². The Morgan fingerprint density at radius 2 is 2.62 bits per heavy atom. The molecule has 13 heavy (non-hydrogen) atoms. The van der Waals surface area contributed by atoms with Crippen LogP contribution in [0.5, 0.6) is 0 Å². The van der Waals surface area contributed by atoms with Crippen molar-refractivity contribution < 1.29 is 4.74 Å². The molecule has 1 aromatic heterocycles. The number of hydrogen-bond acceptors (Lipinski definition) is 3. The molecule has 0 spiro atoms. The van der Waals surface area contributed by atoms with Crippen LogP contribution in [0.15, 0.2) is 18.3 Å². The highest BCUT2D eigenvalue weighted by molar-refractivity contribution is 5.34. The van der Waals surface area contributed by atoms with Crippen molar-refractivity contribution in [2.45, 2.75) is 6.10 Å². The van der Waals surface area contributed by atoms with Gasteiger partial charge in [0.1, 0.15) is 5.82 Å². The number of hydrogen-bond donors (Lipinski definition) is 3. The van der Waals surface area contributed by atoms with Gasteiger partial charge in [-0.05, 0) is 12.1 Å². The summed E-state index contributed by atoms with van der Waals surface area (Å²) < 4.78 is 5.54. The molecule has 2 heterocycles. The molecule has 0 aromatic carbocycles. The van der Waals surface area contributed by atoms with Gasteiger partial charge < -0.3 is 20.4 Å². The summed E-state index contributed by atoms with van der Waals surface area (Å²) in [6, 6.07) is 3.98.